The first kappa shape index (κ1) is 14.6. The summed E-state index contributed by atoms with van der Waals surface area (Å²) in [6.45, 7) is 5.48. The van der Waals surface area contributed by atoms with Crippen molar-refractivity contribution >= 4 is 0 Å². The van der Waals surface area contributed by atoms with Gasteiger partial charge in [-0.15, -0.1) is 0 Å². The number of hydrogen-bond donors (Lipinski definition) is 2. The number of nitrogens with zero attached hydrogens (tertiary/aromatic N) is 1. The molecule has 21 heavy (non-hydrogen) atoms. The van der Waals surface area contributed by atoms with Gasteiger partial charge in [-0.05, 0) is 44.5 Å². The summed E-state index contributed by atoms with van der Waals surface area (Å²) < 4.78 is 10.9. The van der Waals surface area contributed by atoms with Crippen molar-refractivity contribution in [1.82, 2.24) is 10.2 Å². The van der Waals surface area contributed by atoms with E-state index in [9.17, 15) is 0 Å². The summed E-state index contributed by atoms with van der Waals surface area (Å²) in [6, 6.07) is 6.05. The highest BCUT2D eigenvalue weighted by atomic mass is 16.7. The molecule has 0 spiro atoms. The van der Waals surface area contributed by atoms with Gasteiger partial charge in [-0.25, -0.2) is 0 Å². The van der Waals surface area contributed by atoms with E-state index < -0.39 is 0 Å². The smallest absolute Gasteiger partial charge is 0.231 e. The maximum absolute atomic E-state index is 8.95. The van der Waals surface area contributed by atoms with E-state index >= 15 is 0 Å². The maximum atomic E-state index is 8.95. The van der Waals surface area contributed by atoms with Crippen LogP contribution < -0.4 is 14.8 Å². The second-order valence-corrected chi connectivity index (χ2v) is 5.79. The van der Waals surface area contributed by atoms with E-state index in [1.165, 1.54) is 18.4 Å². The van der Waals surface area contributed by atoms with E-state index in [1.807, 2.05) is 12.1 Å². The lowest BCUT2D eigenvalue weighted by molar-refractivity contribution is 0.146. The number of benzene rings is 1. The minimum absolute atomic E-state index is 0.268. The highest BCUT2D eigenvalue weighted by Crippen LogP contribution is 2.35. The largest absolute Gasteiger partial charge is 0.454 e. The third kappa shape index (κ3) is 3.67. The van der Waals surface area contributed by atoms with E-state index in [0.29, 0.717) is 6.79 Å². The number of ether oxygens (including phenoxy) is 2. The lowest BCUT2D eigenvalue weighted by atomic mass is 9.96. The molecule has 0 amide bonds. The predicted octanol–water partition coefficient (Wildman–Crippen LogP) is 1.21. The van der Waals surface area contributed by atoms with Crippen LogP contribution >= 0.6 is 0 Å². The number of para-hydroxylation sites is 1. The Hall–Kier alpha value is -1.30. The summed E-state index contributed by atoms with van der Waals surface area (Å²) in [5.41, 5.74) is 1.17. The molecule has 0 aromatic heterocycles. The molecule has 2 aliphatic rings. The van der Waals surface area contributed by atoms with Gasteiger partial charge >= 0.3 is 0 Å². The number of fused-ring (bicyclic) bond motifs is 1. The average molecular weight is 292 g/mol. The number of aliphatic hydroxyl groups excluding tert-OH is 1. The van der Waals surface area contributed by atoms with Crippen molar-refractivity contribution in [3.05, 3.63) is 23.8 Å². The number of aliphatic hydroxyl groups is 1. The normalized spacial score (nSPS) is 19.1. The summed E-state index contributed by atoms with van der Waals surface area (Å²) in [5.74, 6) is 2.48. The summed E-state index contributed by atoms with van der Waals surface area (Å²) in [6.07, 6.45) is 2.42. The Morgan fingerprint density at radius 2 is 2.10 bits per heavy atom. The number of piperidine rings is 1. The second kappa shape index (κ2) is 7.11. The molecule has 1 fully saturated rings. The van der Waals surface area contributed by atoms with E-state index in [1.54, 1.807) is 0 Å². The van der Waals surface area contributed by atoms with Crippen LogP contribution in [-0.2, 0) is 6.54 Å². The molecule has 1 aromatic rings. The molecule has 2 aliphatic heterocycles. The van der Waals surface area contributed by atoms with Gasteiger partial charge in [0.25, 0.3) is 0 Å². The molecule has 3 rings (SSSR count). The lowest BCUT2D eigenvalue weighted by Gasteiger charge is -2.31. The fourth-order valence-electron chi connectivity index (χ4n) is 3.10. The van der Waals surface area contributed by atoms with E-state index in [4.69, 9.17) is 14.6 Å². The van der Waals surface area contributed by atoms with E-state index in [-0.39, 0.29) is 6.61 Å². The van der Waals surface area contributed by atoms with Gasteiger partial charge in [0.05, 0.1) is 6.61 Å². The first-order chi connectivity index (χ1) is 10.4. The molecule has 0 bridgehead atoms. The Kier molecular flexibility index (Phi) is 4.95. The Morgan fingerprint density at radius 1 is 1.24 bits per heavy atom. The number of hydrogen-bond acceptors (Lipinski definition) is 5. The molecular weight excluding hydrogens is 268 g/mol. The molecular formula is C16H24N2O3. The zero-order valence-electron chi connectivity index (χ0n) is 12.4. The molecule has 5 nitrogen and oxygen atoms in total. The third-order valence-electron chi connectivity index (χ3n) is 4.35. The predicted molar refractivity (Wildman–Crippen MR) is 80.5 cm³/mol. The molecule has 116 valence electrons. The number of nitrogens with one attached hydrogen (secondary N) is 1. The van der Waals surface area contributed by atoms with Crippen LogP contribution in [-0.4, -0.2) is 49.6 Å². The number of likely N-dealkylation sites (tertiary alicyclic amines) is 1. The average Bonchev–Trinajstić information content (AvgIpc) is 2.99. The lowest BCUT2D eigenvalue weighted by Crippen LogP contribution is -2.38. The van der Waals surface area contributed by atoms with Gasteiger partial charge in [-0.2, -0.15) is 0 Å². The molecule has 1 saturated heterocycles. The first-order valence-electron chi connectivity index (χ1n) is 7.78. The van der Waals surface area contributed by atoms with Crippen molar-refractivity contribution in [2.24, 2.45) is 5.92 Å². The van der Waals surface area contributed by atoms with Crippen LogP contribution in [0, 0.1) is 5.92 Å². The molecule has 0 aliphatic carbocycles. The van der Waals surface area contributed by atoms with Crippen LogP contribution in [0.2, 0.25) is 0 Å². The van der Waals surface area contributed by atoms with Crippen molar-refractivity contribution in [3.8, 4) is 11.5 Å². The standard InChI is InChI=1S/C16H24N2O3/c19-9-8-18-6-4-13(5-7-18)10-17-11-14-2-1-3-15-16(14)21-12-20-15/h1-3,13,17,19H,4-12H2. The number of rotatable bonds is 6. The maximum Gasteiger partial charge on any atom is 0.231 e. The topological polar surface area (TPSA) is 54.0 Å². The first-order valence-corrected chi connectivity index (χ1v) is 7.78. The van der Waals surface area contributed by atoms with Gasteiger partial charge in [-0.1, -0.05) is 12.1 Å². The quantitative estimate of drug-likeness (QED) is 0.825. The SMILES string of the molecule is OCCN1CCC(CNCc2cccc3c2OCO3)CC1. The van der Waals surface area contributed by atoms with Gasteiger partial charge in [0, 0.05) is 18.7 Å². The summed E-state index contributed by atoms with van der Waals surface area (Å²) in [4.78, 5) is 2.34. The van der Waals surface area contributed by atoms with Crippen LogP contribution in [0.3, 0.4) is 0 Å². The molecule has 2 heterocycles. The Bertz CT molecular complexity index is 459. The van der Waals surface area contributed by atoms with Crippen LogP contribution in [0.15, 0.2) is 18.2 Å². The Morgan fingerprint density at radius 3 is 2.90 bits per heavy atom. The highest BCUT2D eigenvalue weighted by Gasteiger charge is 2.19. The van der Waals surface area contributed by atoms with Crippen molar-refractivity contribution in [1.29, 1.82) is 0 Å². The van der Waals surface area contributed by atoms with Crippen LogP contribution in [0.5, 0.6) is 11.5 Å². The van der Waals surface area contributed by atoms with Crippen LogP contribution in [0.4, 0.5) is 0 Å². The minimum atomic E-state index is 0.268. The van der Waals surface area contributed by atoms with Crippen molar-refractivity contribution in [2.45, 2.75) is 19.4 Å². The van der Waals surface area contributed by atoms with Crippen molar-refractivity contribution in [2.75, 3.05) is 39.6 Å². The summed E-state index contributed by atoms with van der Waals surface area (Å²) in [7, 11) is 0. The van der Waals surface area contributed by atoms with E-state index in [2.05, 4.69) is 16.3 Å². The van der Waals surface area contributed by atoms with Crippen molar-refractivity contribution < 1.29 is 14.6 Å². The van der Waals surface area contributed by atoms with Crippen LogP contribution in [0.1, 0.15) is 18.4 Å². The van der Waals surface area contributed by atoms with E-state index in [0.717, 1.165) is 50.1 Å². The number of β-amino-alcohol motifs (C(OH)–C–C–N with tert-alkyl or cyclic N) is 1. The fraction of sp³-hybridized carbons (Fsp3) is 0.625. The summed E-state index contributed by atoms with van der Waals surface area (Å²) in [5, 5.41) is 12.5. The molecule has 0 unspecified atom stereocenters. The molecule has 0 atom stereocenters. The zero-order valence-corrected chi connectivity index (χ0v) is 12.4. The van der Waals surface area contributed by atoms with Gasteiger partial charge in [-0.3, -0.25) is 0 Å². The van der Waals surface area contributed by atoms with Gasteiger partial charge < -0.3 is 24.8 Å². The third-order valence-corrected chi connectivity index (χ3v) is 4.35. The fourth-order valence-corrected chi connectivity index (χ4v) is 3.10. The van der Waals surface area contributed by atoms with Gasteiger partial charge in [0.1, 0.15) is 0 Å². The molecule has 1 aromatic carbocycles. The monoisotopic (exact) mass is 292 g/mol. The van der Waals surface area contributed by atoms with Gasteiger partial charge in [0.15, 0.2) is 11.5 Å². The highest BCUT2D eigenvalue weighted by molar-refractivity contribution is 5.48. The second-order valence-electron chi connectivity index (χ2n) is 5.79. The zero-order chi connectivity index (χ0) is 14.5. The van der Waals surface area contributed by atoms with Crippen LogP contribution in [0.25, 0.3) is 0 Å². The molecule has 0 saturated carbocycles. The molecule has 0 radical (unpaired) electrons. The summed E-state index contributed by atoms with van der Waals surface area (Å²) >= 11 is 0. The molecule has 2 N–H and O–H groups in total. The van der Waals surface area contributed by atoms with Crippen molar-refractivity contribution in [3.63, 3.8) is 0 Å². The van der Waals surface area contributed by atoms with Gasteiger partial charge in [0.2, 0.25) is 6.79 Å². The minimum Gasteiger partial charge on any atom is -0.454 e. The Balaban J connectivity index is 1.42. The Labute approximate surface area is 125 Å². The molecule has 5 heteroatoms.